The number of amides is 1. The fourth-order valence-corrected chi connectivity index (χ4v) is 3.63. The second-order valence-corrected chi connectivity index (χ2v) is 7.25. The fourth-order valence-electron chi connectivity index (χ4n) is 3.63. The van der Waals surface area contributed by atoms with Crippen molar-refractivity contribution in [1.82, 2.24) is 10.2 Å². The van der Waals surface area contributed by atoms with Crippen LogP contribution in [0.3, 0.4) is 0 Å². The maximum atomic E-state index is 13.3. The Morgan fingerprint density at radius 3 is 2.72 bits per heavy atom. The molecule has 1 amide bonds. The first kappa shape index (κ1) is 19.4. The maximum absolute atomic E-state index is 13.3. The molecule has 1 fully saturated rings. The third-order valence-electron chi connectivity index (χ3n) is 5.02. The molecular weight excluding hydrogens is 371 g/mol. The fraction of sp³-hybridized carbons (Fsp3) is 0.261. The van der Waals surface area contributed by atoms with E-state index in [1.807, 2.05) is 41.3 Å². The van der Waals surface area contributed by atoms with E-state index in [9.17, 15) is 14.3 Å². The molecule has 0 aliphatic carbocycles. The Balaban J connectivity index is 1.51. The highest BCUT2D eigenvalue weighted by Crippen LogP contribution is 2.33. The highest BCUT2D eigenvalue weighted by atomic mass is 19.1. The van der Waals surface area contributed by atoms with Gasteiger partial charge in [0.15, 0.2) is 0 Å². The number of carbonyl (C=O) groups excluding carboxylic acids is 1. The Hall–Kier alpha value is -2.96. The van der Waals surface area contributed by atoms with E-state index in [4.69, 9.17) is 4.74 Å². The molecule has 29 heavy (non-hydrogen) atoms. The van der Waals surface area contributed by atoms with E-state index in [-0.39, 0.29) is 18.3 Å². The molecule has 0 radical (unpaired) electrons. The number of aliphatic hydroxyl groups excluding tert-OH is 1. The van der Waals surface area contributed by atoms with E-state index in [0.29, 0.717) is 31.9 Å². The van der Waals surface area contributed by atoms with Gasteiger partial charge in [-0.2, -0.15) is 0 Å². The summed E-state index contributed by atoms with van der Waals surface area (Å²) in [5.74, 6) is 0.335. The Kier molecular flexibility index (Phi) is 5.74. The maximum Gasteiger partial charge on any atom is 0.234 e. The third kappa shape index (κ3) is 4.72. The lowest BCUT2D eigenvalue weighted by Gasteiger charge is -2.28. The molecule has 1 aliphatic rings. The van der Waals surface area contributed by atoms with Crippen molar-refractivity contribution in [2.24, 2.45) is 0 Å². The predicted molar refractivity (Wildman–Crippen MR) is 110 cm³/mol. The highest BCUT2D eigenvalue weighted by Gasteiger charge is 2.19. The average molecular weight is 394 g/mol. The number of ether oxygens (including phenoxy) is 1. The lowest BCUT2D eigenvalue weighted by Crippen LogP contribution is -2.50. The van der Waals surface area contributed by atoms with Gasteiger partial charge in [0.05, 0.1) is 6.54 Å². The van der Waals surface area contributed by atoms with Crippen LogP contribution < -0.4 is 10.1 Å². The minimum atomic E-state index is -0.707. The molecule has 2 N–H and O–H groups in total. The summed E-state index contributed by atoms with van der Waals surface area (Å²) >= 11 is 0. The van der Waals surface area contributed by atoms with Crippen LogP contribution in [0.4, 0.5) is 4.39 Å². The molecule has 6 heteroatoms. The minimum absolute atomic E-state index is 0.0252. The number of carbonyl (C=O) groups is 1. The molecule has 150 valence electrons. The Morgan fingerprint density at radius 1 is 1.14 bits per heavy atom. The van der Waals surface area contributed by atoms with Crippen LogP contribution in [-0.4, -0.2) is 54.8 Å². The highest BCUT2D eigenvalue weighted by molar-refractivity contribution is 5.97. The van der Waals surface area contributed by atoms with Gasteiger partial charge < -0.3 is 15.2 Å². The van der Waals surface area contributed by atoms with Crippen molar-refractivity contribution in [2.75, 3.05) is 32.8 Å². The van der Waals surface area contributed by atoms with Gasteiger partial charge in [-0.05, 0) is 46.2 Å². The average Bonchev–Trinajstić information content (AvgIpc) is 2.72. The first-order valence-corrected chi connectivity index (χ1v) is 9.67. The summed E-state index contributed by atoms with van der Waals surface area (Å²) in [6.07, 6.45) is -0.707. The summed E-state index contributed by atoms with van der Waals surface area (Å²) in [5, 5.41) is 15.2. The molecule has 3 aromatic rings. The van der Waals surface area contributed by atoms with E-state index in [2.05, 4.69) is 5.32 Å². The minimum Gasteiger partial charge on any atom is -0.491 e. The zero-order chi connectivity index (χ0) is 20.2. The van der Waals surface area contributed by atoms with Gasteiger partial charge in [-0.25, -0.2) is 4.39 Å². The van der Waals surface area contributed by atoms with E-state index >= 15 is 0 Å². The number of fused-ring (bicyclic) bond motifs is 1. The van der Waals surface area contributed by atoms with Crippen LogP contribution in [0.2, 0.25) is 0 Å². The summed E-state index contributed by atoms with van der Waals surface area (Å²) in [6, 6.07) is 18.2. The van der Waals surface area contributed by atoms with E-state index in [0.717, 1.165) is 21.9 Å². The van der Waals surface area contributed by atoms with Crippen LogP contribution in [0.1, 0.15) is 0 Å². The normalized spacial score (nSPS) is 15.9. The monoisotopic (exact) mass is 394 g/mol. The number of piperazine rings is 1. The summed E-state index contributed by atoms with van der Waals surface area (Å²) < 4.78 is 19.2. The molecule has 4 rings (SSSR count). The smallest absolute Gasteiger partial charge is 0.234 e. The van der Waals surface area contributed by atoms with Crippen molar-refractivity contribution in [3.05, 3.63) is 66.5 Å². The second kappa shape index (κ2) is 8.59. The number of rotatable bonds is 6. The van der Waals surface area contributed by atoms with E-state index in [1.54, 1.807) is 12.1 Å². The van der Waals surface area contributed by atoms with E-state index < -0.39 is 6.10 Å². The number of aliphatic hydroxyl groups is 1. The van der Waals surface area contributed by atoms with Gasteiger partial charge in [0.1, 0.15) is 24.3 Å². The molecule has 3 aromatic carbocycles. The van der Waals surface area contributed by atoms with Crippen molar-refractivity contribution >= 4 is 16.7 Å². The van der Waals surface area contributed by atoms with Crippen molar-refractivity contribution in [2.45, 2.75) is 6.10 Å². The largest absolute Gasteiger partial charge is 0.491 e. The summed E-state index contributed by atoms with van der Waals surface area (Å²) in [6.45, 7) is 2.11. The van der Waals surface area contributed by atoms with Crippen LogP contribution in [0, 0.1) is 5.82 Å². The number of hydrogen-bond donors (Lipinski definition) is 2. The molecule has 1 saturated heterocycles. The van der Waals surface area contributed by atoms with Gasteiger partial charge in [-0.15, -0.1) is 0 Å². The number of β-amino-alcohol motifs (C(OH)–C–C–N with tert-alkyl or cyclic N) is 1. The van der Waals surface area contributed by atoms with Crippen molar-refractivity contribution in [1.29, 1.82) is 0 Å². The summed E-state index contributed by atoms with van der Waals surface area (Å²) in [4.78, 5) is 13.4. The van der Waals surface area contributed by atoms with Crippen molar-refractivity contribution in [3.63, 3.8) is 0 Å². The molecule has 0 spiro atoms. The van der Waals surface area contributed by atoms with Crippen LogP contribution in [0.25, 0.3) is 21.9 Å². The standard InChI is InChI=1S/C23H23FN2O3/c24-18-7-5-16(6-8-18)22-12-20(11-17-3-1-2-4-21(17)22)29-15-19(27)13-26-10-9-25-23(28)14-26/h1-8,11-12,19,27H,9-10,13-15H2,(H,25,28). The van der Waals surface area contributed by atoms with Gasteiger partial charge in [0.25, 0.3) is 0 Å². The number of halogens is 1. The van der Waals surface area contributed by atoms with Gasteiger partial charge in [-0.3, -0.25) is 9.69 Å². The van der Waals surface area contributed by atoms with Crippen molar-refractivity contribution in [3.8, 4) is 16.9 Å². The lowest BCUT2D eigenvalue weighted by molar-refractivity contribution is -0.124. The number of nitrogens with zero attached hydrogens (tertiary/aromatic N) is 1. The SMILES string of the molecule is O=C1CN(CC(O)COc2cc(-c3ccc(F)cc3)c3ccccc3c2)CCN1. The molecule has 1 aliphatic heterocycles. The molecule has 0 aromatic heterocycles. The molecule has 1 unspecified atom stereocenters. The Bertz CT molecular complexity index is 1010. The molecular formula is C23H23FN2O3. The summed E-state index contributed by atoms with van der Waals surface area (Å²) in [7, 11) is 0. The number of benzene rings is 3. The third-order valence-corrected chi connectivity index (χ3v) is 5.02. The Labute approximate surface area is 168 Å². The first-order valence-electron chi connectivity index (χ1n) is 9.67. The van der Waals surface area contributed by atoms with Gasteiger partial charge >= 0.3 is 0 Å². The molecule has 0 saturated carbocycles. The second-order valence-electron chi connectivity index (χ2n) is 7.25. The van der Waals surface area contributed by atoms with Gasteiger partial charge in [-0.1, -0.05) is 36.4 Å². The van der Waals surface area contributed by atoms with Gasteiger partial charge in [0.2, 0.25) is 5.91 Å². The molecule has 1 atom stereocenters. The number of nitrogens with one attached hydrogen (secondary N) is 1. The topological polar surface area (TPSA) is 61.8 Å². The van der Waals surface area contributed by atoms with Crippen LogP contribution in [0.5, 0.6) is 5.75 Å². The zero-order valence-electron chi connectivity index (χ0n) is 16.0. The zero-order valence-corrected chi connectivity index (χ0v) is 16.0. The van der Waals surface area contributed by atoms with E-state index in [1.165, 1.54) is 12.1 Å². The first-order chi connectivity index (χ1) is 14.1. The molecule has 0 bridgehead atoms. The Morgan fingerprint density at radius 2 is 1.93 bits per heavy atom. The number of hydrogen-bond acceptors (Lipinski definition) is 4. The molecule has 1 heterocycles. The lowest BCUT2D eigenvalue weighted by atomic mass is 9.98. The molecule has 5 nitrogen and oxygen atoms in total. The van der Waals surface area contributed by atoms with Crippen LogP contribution in [-0.2, 0) is 4.79 Å². The van der Waals surface area contributed by atoms with Gasteiger partial charge in [0, 0.05) is 19.6 Å². The van der Waals surface area contributed by atoms with Crippen LogP contribution >= 0.6 is 0 Å². The van der Waals surface area contributed by atoms with Crippen LogP contribution in [0.15, 0.2) is 60.7 Å². The quantitative estimate of drug-likeness (QED) is 0.675. The summed E-state index contributed by atoms with van der Waals surface area (Å²) in [5.41, 5.74) is 1.84. The predicted octanol–water partition coefficient (Wildman–Crippen LogP) is 2.82. The van der Waals surface area contributed by atoms with Crippen molar-refractivity contribution < 1.29 is 19.0 Å².